The van der Waals surface area contributed by atoms with Crippen molar-refractivity contribution in [2.24, 2.45) is 5.92 Å². The highest BCUT2D eigenvalue weighted by molar-refractivity contribution is 5.91. The van der Waals surface area contributed by atoms with Crippen LogP contribution in [0.2, 0.25) is 0 Å². The molecule has 1 aromatic heterocycles. The second-order valence-electron chi connectivity index (χ2n) is 7.33. The predicted molar refractivity (Wildman–Crippen MR) is 93.6 cm³/mol. The minimum atomic E-state index is -0.541. The van der Waals surface area contributed by atoms with Crippen molar-refractivity contribution in [2.45, 2.75) is 45.2 Å². The number of hydrogen-bond acceptors (Lipinski definition) is 3. The molecule has 0 saturated carbocycles. The van der Waals surface area contributed by atoms with Crippen molar-refractivity contribution in [3.05, 3.63) is 41.7 Å². The maximum absolute atomic E-state index is 14.4. The zero-order valence-electron chi connectivity index (χ0n) is 14.7. The number of piperidine rings is 1. The molecule has 7 heteroatoms. The lowest BCUT2D eigenvalue weighted by Gasteiger charge is -2.54. The molecule has 2 unspecified atom stereocenters. The summed E-state index contributed by atoms with van der Waals surface area (Å²) in [6, 6.07) is 3.06. The molecule has 26 heavy (non-hydrogen) atoms. The molecule has 0 radical (unpaired) electrons. The molecule has 1 aromatic carbocycles. The number of halogens is 2. The van der Waals surface area contributed by atoms with Gasteiger partial charge in [-0.2, -0.15) is 0 Å². The molecule has 2 aliphatic rings. The number of carbonyl (C=O) groups excluding carboxylic acids is 1. The predicted octanol–water partition coefficient (Wildman–Crippen LogP) is 4.13. The van der Waals surface area contributed by atoms with Gasteiger partial charge in [-0.05, 0) is 49.8 Å². The second-order valence-corrected chi connectivity index (χ2v) is 7.33. The number of benzene rings is 1. The minimum absolute atomic E-state index is 0.0848. The molecule has 0 spiro atoms. The van der Waals surface area contributed by atoms with E-state index in [0.717, 1.165) is 31.7 Å². The molecule has 136 valence electrons. The molecule has 0 aliphatic carbocycles. The lowest BCUT2D eigenvalue weighted by atomic mass is 9.74. The van der Waals surface area contributed by atoms with Crippen LogP contribution in [0.4, 0.5) is 19.3 Å². The summed E-state index contributed by atoms with van der Waals surface area (Å²) in [6.07, 6.45) is 5.14. The topological polar surface area (TPSA) is 58.1 Å². The van der Waals surface area contributed by atoms with Gasteiger partial charge in [0.15, 0.2) is 11.6 Å². The average molecular weight is 358 g/mol. The van der Waals surface area contributed by atoms with Crippen LogP contribution in [0.25, 0.3) is 11.4 Å². The summed E-state index contributed by atoms with van der Waals surface area (Å²) in [5, 5.41) is 2.69. The Morgan fingerprint density at radius 3 is 2.46 bits per heavy atom. The van der Waals surface area contributed by atoms with Crippen LogP contribution in [0.1, 0.15) is 31.7 Å². The van der Waals surface area contributed by atoms with Crippen LogP contribution in [0.5, 0.6) is 0 Å². The van der Waals surface area contributed by atoms with Gasteiger partial charge in [-0.25, -0.2) is 23.5 Å². The fourth-order valence-electron chi connectivity index (χ4n) is 4.12. The van der Waals surface area contributed by atoms with Crippen LogP contribution in [0.15, 0.2) is 24.5 Å². The van der Waals surface area contributed by atoms with Crippen LogP contribution >= 0.6 is 0 Å². The van der Waals surface area contributed by atoms with Crippen LogP contribution in [0, 0.1) is 24.5 Å². The van der Waals surface area contributed by atoms with Gasteiger partial charge in [0.2, 0.25) is 0 Å². The molecule has 2 saturated heterocycles. The van der Waals surface area contributed by atoms with E-state index < -0.39 is 11.6 Å². The van der Waals surface area contributed by atoms with Crippen LogP contribution in [-0.2, 0) is 0 Å². The summed E-state index contributed by atoms with van der Waals surface area (Å²) in [5.41, 5.74) is 1.25. The highest BCUT2D eigenvalue weighted by atomic mass is 19.1. The maximum atomic E-state index is 14.4. The molecule has 2 amide bonds. The largest absolute Gasteiger partial charge is 0.322 e. The fraction of sp³-hybridized carbons (Fsp3) is 0.421. The molecule has 5 nitrogen and oxygen atoms in total. The van der Waals surface area contributed by atoms with E-state index in [1.165, 1.54) is 12.1 Å². The van der Waals surface area contributed by atoms with Gasteiger partial charge in [0.1, 0.15) is 5.82 Å². The lowest BCUT2D eigenvalue weighted by Crippen LogP contribution is -2.63. The summed E-state index contributed by atoms with van der Waals surface area (Å²) in [7, 11) is 0. The van der Waals surface area contributed by atoms with Crippen molar-refractivity contribution in [1.82, 2.24) is 14.9 Å². The summed E-state index contributed by atoms with van der Waals surface area (Å²) >= 11 is 0. The first-order chi connectivity index (χ1) is 12.4. The number of rotatable bonds is 2. The maximum Gasteiger partial charge on any atom is 0.322 e. The number of anilines is 1. The highest BCUT2D eigenvalue weighted by Gasteiger charge is 2.46. The minimum Gasteiger partial charge on any atom is -0.318 e. The first kappa shape index (κ1) is 16.9. The first-order valence-electron chi connectivity index (χ1n) is 8.79. The van der Waals surface area contributed by atoms with Crippen molar-refractivity contribution in [3.63, 3.8) is 0 Å². The molecule has 2 aromatic rings. The lowest BCUT2D eigenvalue weighted by molar-refractivity contribution is -0.00603. The van der Waals surface area contributed by atoms with Gasteiger partial charge in [-0.3, -0.25) is 0 Å². The van der Waals surface area contributed by atoms with Gasteiger partial charge in [-0.1, -0.05) is 6.92 Å². The third kappa shape index (κ3) is 2.91. The smallest absolute Gasteiger partial charge is 0.318 e. The molecular formula is C19H20F2N4O. The molecule has 4 rings (SSSR count). The fourth-order valence-corrected chi connectivity index (χ4v) is 4.12. The normalized spacial score (nSPS) is 24.2. The van der Waals surface area contributed by atoms with E-state index in [0.29, 0.717) is 17.0 Å². The Kier molecular flexibility index (Phi) is 4.09. The van der Waals surface area contributed by atoms with Gasteiger partial charge in [-0.15, -0.1) is 0 Å². The number of carbonyl (C=O) groups is 1. The first-order valence-corrected chi connectivity index (χ1v) is 8.79. The molecule has 1 N–H and O–H groups in total. The van der Waals surface area contributed by atoms with E-state index in [-0.39, 0.29) is 29.6 Å². The van der Waals surface area contributed by atoms with E-state index in [1.54, 1.807) is 6.92 Å². The van der Waals surface area contributed by atoms with E-state index in [2.05, 4.69) is 22.2 Å². The molecule has 3 atom stereocenters. The average Bonchev–Trinajstić information content (AvgIpc) is 2.58. The quantitative estimate of drug-likeness (QED) is 0.878. The summed E-state index contributed by atoms with van der Waals surface area (Å²) < 4.78 is 27.4. The number of aromatic nitrogens is 2. The summed E-state index contributed by atoms with van der Waals surface area (Å²) in [5.74, 6) is -0.142. The van der Waals surface area contributed by atoms with E-state index in [1.807, 2.05) is 4.90 Å². The zero-order valence-corrected chi connectivity index (χ0v) is 14.7. The Labute approximate surface area is 150 Å². The Morgan fingerprint density at radius 2 is 1.81 bits per heavy atom. The SMILES string of the molecule is Cc1cc(F)c(NC(=O)N2C3CC(C)C[C@@H]2C3)cc1-c1ncc(F)cn1. The van der Waals surface area contributed by atoms with E-state index >= 15 is 0 Å². The van der Waals surface area contributed by atoms with Crippen molar-refractivity contribution < 1.29 is 13.6 Å². The van der Waals surface area contributed by atoms with Crippen LogP contribution < -0.4 is 5.32 Å². The third-order valence-corrected chi connectivity index (χ3v) is 5.33. The molecule has 2 aliphatic heterocycles. The van der Waals surface area contributed by atoms with Gasteiger partial charge >= 0.3 is 6.03 Å². The second kappa shape index (κ2) is 6.30. The number of amides is 2. The number of hydrogen-bond donors (Lipinski definition) is 1. The third-order valence-electron chi connectivity index (χ3n) is 5.33. The Bertz CT molecular complexity index is 843. The summed E-state index contributed by atoms with van der Waals surface area (Å²) in [4.78, 5) is 22.3. The standard InChI is InChI=1S/C19H20F2N4O/c1-10-3-13-6-14(4-10)25(13)19(26)24-17-7-15(11(2)5-16(17)21)18-22-8-12(20)9-23-18/h5,7-10,13-14H,3-4,6H2,1-2H3,(H,24,26)/t10?,13-,14?/m1/s1. The monoisotopic (exact) mass is 358 g/mol. The number of urea groups is 1. The van der Waals surface area contributed by atoms with Gasteiger partial charge in [0.05, 0.1) is 18.1 Å². The van der Waals surface area contributed by atoms with Gasteiger partial charge in [0.25, 0.3) is 0 Å². The molecule has 3 heterocycles. The molecule has 2 bridgehead atoms. The number of fused-ring (bicyclic) bond motifs is 2. The highest BCUT2D eigenvalue weighted by Crippen LogP contribution is 2.41. The van der Waals surface area contributed by atoms with Crippen LogP contribution in [-0.4, -0.2) is 33.0 Å². The molecule has 2 fully saturated rings. The number of nitrogens with one attached hydrogen (secondary N) is 1. The Hall–Kier alpha value is -2.57. The van der Waals surface area contributed by atoms with Crippen molar-refractivity contribution in [2.75, 3.05) is 5.32 Å². The van der Waals surface area contributed by atoms with E-state index in [4.69, 9.17) is 0 Å². The van der Waals surface area contributed by atoms with Crippen molar-refractivity contribution in [1.29, 1.82) is 0 Å². The Balaban J connectivity index is 1.58. The summed E-state index contributed by atoms with van der Waals surface area (Å²) in [6.45, 7) is 3.92. The van der Waals surface area contributed by atoms with Crippen molar-refractivity contribution in [3.8, 4) is 11.4 Å². The van der Waals surface area contributed by atoms with Crippen LogP contribution in [0.3, 0.4) is 0 Å². The zero-order chi connectivity index (χ0) is 18.4. The van der Waals surface area contributed by atoms with Gasteiger partial charge in [0, 0.05) is 17.6 Å². The number of nitrogens with zero attached hydrogens (tertiary/aromatic N) is 3. The Morgan fingerprint density at radius 1 is 1.15 bits per heavy atom. The van der Waals surface area contributed by atoms with Crippen molar-refractivity contribution >= 4 is 11.7 Å². The van der Waals surface area contributed by atoms with Gasteiger partial charge < -0.3 is 10.2 Å². The molecular weight excluding hydrogens is 338 g/mol. The number of aryl methyl sites for hydroxylation is 1. The van der Waals surface area contributed by atoms with E-state index in [9.17, 15) is 13.6 Å².